The van der Waals surface area contributed by atoms with Crippen LogP contribution in [0.3, 0.4) is 0 Å². The predicted molar refractivity (Wildman–Crippen MR) is 128 cm³/mol. The fourth-order valence-corrected chi connectivity index (χ4v) is 5.82. The fraction of sp³-hybridized carbons (Fsp3) is 0.240. The maximum Gasteiger partial charge on any atom is 0.417 e. The van der Waals surface area contributed by atoms with Gasteiger partial charge in [0, 0.05) is 35.8 Å². The van der Waals surface area contributed by atoms with Gasteiger partial charge in [-0.2, -0.15) is 17.5 Å². The SMILES string of the molecule is O=C(NCc1cc(-c2ccc(C(F)(F)F)cn2)ccn1)[C@@H]1CC(F)(F)CN1S(=O)(=O)c1cc2cc(F)ccc2o1. The number of hydrogen-bond acceptors (Lipinski definition) is 6. The molecule has 1 aliphatic rings. The van der Waals surface area contributed by atoms with Crippen molar-refractivity contribution in [2.24, 2.45) is 0 Å². The number of nitrogens with zero attached hydrogens (tertiary/aromatic N) is 3. The molecular formula is C25H18F6N4O4S. The van der Waals surface area contributed by atoms with E-state index in [0.29, 0.717) is 16.1 Å². The molecule has 0 radical (unpaired) electrons. The van der Waals surface area contributed by atoms with Gasteiger partial charge in [0.25, 0.3) is 15.9 Å². The highest BCUT2D eigenvalue weighted by molar-refractivity contribution is 7.89. The van der Waals surface area contributed by atoms with Crippen LogP contribution in [0.5, 0.6) is 0 Å². The number of hydrogen-bond donors (Lipinski definition) is 1. The smallest absolute Gasteiger partial charge is 0.417 e. The highest BCUT2D eigenvalue weighted by atomic mass is 32.2. The lowest BCUT2D eigenvalue weighted by Gasteiger charge is -2.21. The van der Waals surface area contributed by atoms with Crippen LogP contribution in [0.1, 0.15) is 17.7 Å². The maximum atomic E-state index is 14.4. The van der Waals surface area contributed by atoms with Crippen molar-refractivity contribution in [1.29, 1.82) is 0 Å². The van der Waals surface area contributed by atoms with Crippen molar-refractivity contribution in [3.63, 3.8) is 0 Å². The maximum absolute atomic E-state index is 14.4. The molecule has 15 heteroatoms. The van der Waals surface area contributed by atoms with Crippen LogP contribution >= 0.6 is 0 Å². The van der Waals surface area contributed by atoms with Crippen LogP contribution in [0.2, 0.25) is 0 Å². The molecule has 40 heavy (non-hydrogen) atoms. The number of pyridine rings is 2. The molecule has 210 valence electrons. The van der Waals surface area contributed by atoms with E-state index in [2.05, 4.69) is 15.3 Å². The summed E-state index contributed by atoms with van der Waals surface area (Å²) in [6.07, 6.45) is -3.65. The number of fused-ring (bicyclic) bond motifs is 1. The Morgan fingerprint density at radius 2 is 1.88 bits per heavy atom. The largest absolute Gasteiger partial charge is 0.443 e. The van der Waals surface area contributed by atoms with Crippen LogP contribution in [-0.2, 0) is 27.5 Å². The summed E-state index contributed by atoms with van der Waals surface area (Å²) >= 11 is 0. The average Bonchev–Trinajstić information content (AvgIpc) is 3.48. The molecule has 1 aliphatic heterocycles. The van der Waals surface area contributed by atoms with Gasteiger partial charge in [-0.3, -0.25) is 14.8 Å². The Balaban J connectivity index is 1.33. The molecule has 0 bridgehead atoms. The van der Waals surface area contributed by atoms with E-state index in [0.717, 1.165) is 30.3 Å². The van der Waals surface area contributed by atoms with Crippen molar-refractivity contribution in [2.75, 3.05) is 6.54 Å². The second-order valence-corrected chi connectivity index (χ2v) is 10.9. The van der Waals surface area contributed by atoms with Crippen LogP contribution < -0.4 is 5.32 Å². The molecular weight excluding hydrogens is 566 g/mol. The van der Waals surface area contributed by atoms with Gasteiger partial charge in [0.2, 0.25) is 11.0 Å². The van der Waals surface area contributed by atoms with E-state index in [1.807, 2.05) is 0 Å². The minimum absolute atomic E-state index is 0.0143. The zero-order valence-electron chi connectivity index (χ0n) is 20.1. The summed E-state index contributed by atoms with van der Waals surface area (Å²) in [4.78, 5) is 20.8. The van der Waals surface area contributed by atoms with Gasteiger partial charge in [-0.15, -0.1) is 0 Å². The first-order chi connectivity index (χ1) is 18.7. The predicted octanol–water partition coefficient (Wildman–Crippen LogP) is 4.76. The number of halogens is 6. The molecule has 0 spiro atoms. The summed E-state index contributed by atoms with van der Waals surface area (Å²) in [6.45, 7) is -1.57. The fourth-order valence-electron chi connectivity index (χ4n) is 4.26. The van der Waals surface area contributed by atoms with Gasteiger partial charge in [-0.05, 0) is 42.5 Å². The molecule has 4 aromatic rings. The Hall–Kier alpha value is -3.98. The van der Waals surface area contributed by atoms with E-state index >= 15 is 0 Å². The quantitative estimate of drug-likeness (QED) is 0.328. The van der Waals surface area contributed by atoms with Crippen molar-refractivity contribution in [3.8, 4) is 11.3 Å². The minimum atomic E-state index is -4.72. The number of benzene rings is 1. The molecule has 0 unspecified atom stereocenters. The van der Waals surface area contributed by atoms with Gasteiger partial charge >= 0.3 is 6.18 Å². The summed E-state index contributed by atoms with van der Waals surface area (Å²) in [5, 5.41) is 1.76. The van der Waals surface area contributed by atoms with Crippen LogP contribution in [-0.4, -0.2) is 47.1 Å². The second-order valence-electron chi connectivity index (χ2n) is 9.06. The molecule has 0 saturated carbocycles. The number of alkyl halides is 5. The van der Waals surface area contributed by atoms with E-state index in [1.54, 1.807) is 0 Å². The van der Waals surface area contributed by atoms with Gasteiger partial charge in [0.15, 0.2) is 0 Å². The summed E-state index contributed by atoms with van der Waals surface area (Å²) in [6, 6.07) is 7.38. The molecule has 1 amide bonds. The Morgan fingerprint density at radius 1 is 1.10 bits per heavy atom. The van der Waals surface area contributed by atoms with Crippen LogP contribution in [0, 0.1) is 5.82 Å². The topological polar surface area (TPSA) is 105 Å². The number of aromatic nitrogens is 2. The number of furan rings is 1. The monoisotopic (exact) mass is 584 g/mol. The van der Waals surface area contributed by atoms with Gasteiger partial charge in [0.05, 0.1) is 30.0 Å². The third kappa shape index (κ3) is 5.51. The van der Waals surface area contributed by atoms with Gasteiger partial charge in [-0.1, -0.05) is 0 Å². The van der Waals surface area contributed by atoms with E-state index in [1.165, 1.54) is 24.4 Å². The first-order valence-electron chi connectivity index (χ1n) is 11.6. The highest BCUT2D eigenvalue weighted by Crippen LogP contribution is 2.37. The Kier molecular flexibility index (Phi) is 6.82. The third-order valence-electron chi connectivity index (χ3n) is 6.20. The van der Waals surface area contributed by atoms with Crippen molar-refractivity contribution >= 4 is 26.9 Å². The molecule has 5 rings (SSSR count). The minimum Gasteiger partial charge on any atom is -0.443 e. The molecule has 3 aromatic heterocycles. The normalized spacial score (nSPS) is 17.8. The van der Waals surface area contributed by atoms with Gasteiger partial charge in [-0.25, -0.2) is 21.6 Å². The molecule has 1 aromatic carbocycles. The van der Waals surface area contributed by atoms with E-state index in [9.17, 15) is 39.6 Å². The molecule has 0 aliphatic carbocycles. The number of carbonyl (C=O) groups excluding carboxylic acids is 1. The van der Waals surface area contributed by atoms with Gasteiger partial charge < -0.3 is 9.73 Å². The molecule has 1 saturated heterocycles. The first kappa shape index (κ1) is 27.6. The number of nitrogens with one attached hydrogen (secondary N) is 1. The van der Waals surface area contributed by atoms with E-state index in [-0.39, 0.29) is 28.9 Å². The van der Waals surface area contributed by atoms with Crippen molar-refractivity contribution in [2.45, 2.75) is 36.2 Å². The van der Waals surface area contributed by atoms with Crippen molar-refractivity contribution < 1.29 is 44.0 Å². The summed E-state index contributed by atoms with van der Waals surface area (Å²) in [5.41, 5.74) is -0.126. The molecule has 1 N–H and O–H groups in total. The summed E-state index contributed by atoms with van der Waals surface area (Å²) < 4.78 is 113. The van der Waals surface area contributed by atoms with E-state index < -0.39 is 63.5 Å². The highest BCUT2D eigenvalue weighted by Gasteiger charge is 2.53. The van der Waals surface area contributed by atoms with Crippen molar-refractivity contribution in [1.82, 2.24) is 19.6 Å². The second kappa shape index (κ2) is 9.89. The number of amides is 1. The van der Waals surface area contributed by atoms with Crippen molar-refractivity contribution in [3.05, 3.63) is 78.0 Å². The number of rotatable bonds is 6. The average molecular weight is 584 g/mol. The van der Waals surface area contributed by atoms with Crippen LogP contribution in [0.25, 0.3) is 22.2 Å². The zero-order chi connectivity index (χ0) is 28.9. The Labute approximate surface area is 222 Å². The zero-order valence-corrected chi connectivity index (χ0v) is 20.9. The molecule has 4 heterocycles. The Bertz CT molecular complexity index is 1690. The summed E-state index contributed by atoms with van der Waals surface area (Å²) in [5.74, 6) is -5.20. The molecule has 1 atom stereocenters. The van der Waals surface area contributed by atoms with Crippen LogP contribution in [0.15, 0.2) is 70.4 Å². The summed E-state index contributed by atoms with van der Waals surface area (Å²) in [7, 11) is -4.72. The first-order valence-corrected chi connectivity index (χ1v) is 13.0. The lowest BCUT2D eigenvalue weighted by molar-refractivity contribution is -0.137. The number of sulfonamides is 1. The number of carbonyl (C=O) groups is 1. The van der Waals surface area contributed by atoms with Gasteiger partial charge in [0.1, 0.15) is 17.4 Å². The standard InChI is InChI=1S/C25H18F6N4O4S/c26-17-2-4-21-15(7-17)9-22(39-21)40(37,38)35-13-24(27,28)10-20(35)23(36)34-12-18-8-14(5-6-32-18)19-3-1-16(11-33-19)25(29,30)31/h1-9,11,20H,10,12-13H2,(H,34,36)/t20-/m0/s1. The lowest BCUT2D eigenvalue weighted by atomic mass is 10.1. The molecule has 8 nitrogen and oxygen atoms in total. The van der Waals surface area contributed by atoms with Crippen LogP contribution in [0.4, 0.5) is 26.3 Å². The molecule has 1 fully saturated rings. The lowest BCUT2D eigenvalue weighted by Crippen LogP contribution is -2.45. The van der Waals surface area contributed by atoms with E-state index in [4.69, 9.17) is 4.42 Å². The third-order valence-corrected chi connectivity index (χ3v) is 7.91. The Morgan fingerprint density at radius 3 is 2.58 bits per heavy atom.